The molecule has 1 fully saturated rings. The topological polar surface area (TPSA) is 91.4 Å². The summed E-state index contributed by atoms with van der Waals surface area (Å²) >= 11 is 0. The van der Waals surface area contributed by atoms with E-state index in [0.717, 1.165) is 0 Å². The van der Waals surface area contributed by atoms with E-state index >= 15 is 0 Å². The fourth-order valence-corrected chi connectivity index (χ4v) is 3.62. The van der Waals surface area contributed by atoms with Gasteiger partial charge >= 0.3 is 12.3 Å². The molecule has 0 saturated carbocycles. The van der Waals surface area contributed by atoms with Crippen molar-refractivity contribution < 1.29 is 33.3 Å². The summed E-state index contributed by atoms with van der Waals surface area (Å²) in [5, 5.41) is 0. The van der Waals surface area contributed by atoms with E-state index in [1.807, 2.05) is 6.07 Å². The molecule has 3 aromatic carbocycles. The highest BCUT2D eigenvalue weighted by molar-refractivity contribution is 5.95. The third kappa shape index (κ3) is 5.92. The Kier molecular flexibility index (Phi) is 7.39. The second-order valence-electron chi connectivity index (χ2n) is 7.57. The molecule has 2 unspecified atom stereocenters. The predicted octanol–water partition coefficient (Wildman–Crippen LogP) is 4.70. The van der Waals surface area contributed by atoms with Gasteiger partial charge in [-0.25, -0.2) is 9.59 Å². The van der Waals surface area contributed by atoms with E-state index < -0.39 is 12.3 Å². The Labute approximate surface area is 196 Å². The maximum atomic E-state index is 13.1. The summed E-state index contributed by atoms with van der Waals surface area (Å²) in [6.07, 6.45) is -1.23. The highest BCUT2D eigenvalue weighted by Crippen LogP contribution is 2.29. The maximum Gasteiger partial charge on any atom is 0.513 e. The molecule has 1 aliphatic heterocycles. The molecule has 0 N–H and O–H groups in total. The first kappa shape index (κ1) is 22.8. The number of hydrogen-bond acceptors (Lipinski definition) is 7. The molecule has 2 atom stereocenters. The highest BCUT2D eigenvalue weighted by Gasteiger charge is 2.43. The number of hydrogen-bond donors (Lipinski definition) is 0. The Morgan fingerprint density at radius 2 is 1.06 bits per heavy atom. The second kappa shape index (κ2) is 11.0. The lowest BCUT2D eigenvalue weighted by atomic mass is 9.92. The average Bonchev–Trinajstić information content (AvgIpc) is 2.85. The Morgan fingerprint density at radius 1 is 0.647 bits per heavy atom. The van der Waals surface area contributed by atoms with E-state index in [9.17, 15) is 14.4 Å². The number of para-hydroxylation sites is 2. The van der Waals surface area contributed by atoms with E-state index in [4.69, 9.17) is 18.9 Å². The van der Waals surface area contributed by atoms with Crippen molar-refractivity contribution in [2.75, 3.05) is 13.2 Å². The van der Waals surface area contributed by atoms with Crippen molar-refractivity contribution in [1.29, 1.82) is 0 Å². The van der Waals surface area contributed by atoms with Crippen LogP contribution in [-0.2, 0) is 9.47 Å². The molecule has 3 aromatic rings. The Morgan fingerprint density at radius 3 is 1.50 bits per heavy atom. The third-order valence-electron chi connectivity index (χ3n) is 5.26. The molecule has 174 valence electrons. The molecule has 0 radical (unpaired) electrons. The molecule has 8 nitrogen and oxygen atoms in total. The molecule has 1 saturated heterocycles. The van der Waals surface area contributed by atoms with Crippen molar-refractivity contribution in [3.05, 3.63) is 96.6 Å². The summed E-state index contributed by atoms with van der Waals surface area (Å²) in [5.41, 5.74) is 0.482. The quantitative estimate of drug-likeness (QED) is 0.372. The summed E-state index contributed by atoms with van der Waals surface area (Å²) in [6, 6.07) is 25.1. The van der Waals surface area contributed by atoms with Crippen LogP contribution in [0.15, 0.2) is 91.0 Å². The monoisotopic (exact) mass is 461 g/mol. The molecular weight excluding hydrogens is 438 g/mol. The SMILES string of the molecule is O=C(OCC1CC(COC(=O)Oc2ccccc2)N1C(=O)c1ccccc1)Oc1ccccc1. The van der Waals surface area contributed by atoms with Crippen LogP contribution in [0.4, 0.5) is 9.59 Å². The van der Waals surface area contributed by atoms with Crippen LogP contribution in [0.1, 0.15) is 16.8 Å². The Bertz CT molecular complexity index is 1040. The van der Waals surface area contributed by atoms with Gasteiger partial charge in [0.2, 0.25) is 0 Å². The van der Waals surface area contributed by atoms with Crippen LogP contribution < -0.4 is 9.47 Å². The average molecular weight is 461 g/mol. The summed E-state index contributed by atoms with van der Waals surface area (Å²) in [4.78, 5) is 38.7. The zero-order chi connectivity index (χ0) is 23.8. The van der Waals surface area contributed by atoms with Crippen LogP contribution in [0, 0.1) is 0 Å². The smallest absolute Gasteiger partial charge is 0.432 e. The van der Waals surface area contributed by atoms with Crippen LogP contribution in [0.5, 0.6) is 11.5 Å². The maximum absolute atomic E-state index is 13.1. The van der Waals surface area contributed by atoms with Gasteiger partial charge in [-0.1, -0.05) is 54.6 Å². The summed E-state index contributed by atoms with van der Waals surface area (Å²) in [7, 11) is 0. The lowest BCUT2D eigenvalue weighted by molar-refractivity contribution is -0.0386. The number of nitrogens with zero attached hydrogens (tertiary/aromatic N) is 1. The molecule has 0 spiro atoms. The van der Waals surface area contributed by atoms with Crippen LogP contribution >= 0.6 is 0 Å². The standard InChI is InChI=1S/C26H23NO7/c28-24(19-10-4-1-5-11-19)27-20(17-31-25(29)33-22-12-6-2-7-13-22)16-21(27)18-32-26(30)34-23-14-8-3-9-15-23/h1-15,20-21H,16-18H2. The van der Waals surface area contributed by atoms with E-state index in [-0.39, 0.29) is 31.2 Å². The number of benzene rings is 3. The van der Waals surface area contributed by atoms with Gasteiger partial charge in [-0.3, -0.25) is 4.79 Å². The fraction of sp³-hybridized carbons (Fsp3) is 0.192. The van der Waals surface area contributed by atoms with Gasteiger partial charge < -0.3 is 23.8 Å². The van der Waals surface area contributed by atoms with Crippen LogP contribution in [0.3, 0.4) is 0 Å². The predicted molar refractivity (Wildman–Crippen MR) is 122 cm³/mol. The number of rotatable bonds is 7. The van der Waals surface area contributed by atoms with E-state index in [0.29, 0.717) is 23.5 Å². The molecule has 0 aromatic heterocycles. The molecule has 1 amide bonds. The van der Waals surface area contributed by atoms with Gasteiger partial charge in [0.15, 0.2) is 0 Å². The first-order chi connectivity index (χ1) is 16.6. The van der Waals surface area contributed by atoms with Crippen molar-refractivity contribution in [3.8, 4) is 11.5 Å². The number of amides is 1. The van der Waals surface area contributed by atoms with Crippen molar-refractivity contribution in [3.63, 3.8) is 0 Å². The molecule has 8 heteroatoms. The van der Waals surface area contributed by atoms with Crippen molar-refractivity contribution in [1.82, 2.24) is 4.90 Å². The van der Waals surface area contributed by atoms with Crippen molar-refractivity contribution in [2.45, 2.75) is 18.5 Å². The van der Waals surface area contributed by atoms with Crippen LogP contribution in [0.25, 0.3) is 0 Å². The highest BCUT2D eigenvalue weighted by atomic mass is 16.7. The minimum Gasteiger partial charge on any atom is -0.432 e. The number of likely N-dealkylation sites (tertiary alicyclic amines) is 1. The first-order valence-corrected chi connectivity index (χ1v) is 10.8. The van der Waals surface area contributed by atoms with Gasteiger partial charge in [-0.2, -0.15) is 0 Å². The third-order valence-corrected chi connectivity index (χ3v) is 5.26. The number of ether oxygens (including phenoxy) is 4. The van der Waals surface area contributed by atoms with Gasteiger partial charge in [0.25, 0.3) is 5.91 Å². The molecule has 34 heavy (non-hydrogen) atoms. The summed E-state index contributed by atoms with van der Waals surface area (Å²) in [5.74, 6) is 0.477. The zero-order valence-corrected chi connectivity index (χ0v) is 18.2. The Hall–Kier alpha value is -4.33. The zero-order valence-electron chi connectivity index (χ0n) is 18.2. The van der Waals surface area contributed by atoms with Gasteiger partial charge in [-0.05, 0) is 42.8 Å². The van der Waals surface area contributed by atoms with Crippen molar-refractivity contribution >= 4 is 18.2 Å². The molecule has 1 heterocycles. The lowest BCUT2D eigenvalue weighted by Gasteiger charge is -2.47. The number of carbonyl (C=O) groups excluding carboxylic acids is 3. The van der Waals surface area contributed by atoms with Gasteiger partial charge in [0.1, 0.15) is 24.7 Å². The number of carbonyl (C=O) groups is 3. The van der Waals surface area contributed by atoms with E-state index in [2.05, 4.69) is 0 Å². The minimum absolute atomic E-state index is 0.0464. The van der Waals surface area contributed by atoms with Crippen molar-refractivity contribution in [2.24, 2.45) is 0 Å². The Balaban J connectivity index is 1.34. The largest absolute Gasteiger partial charge is 0.513 e. The second-order valence-corrected chi connectivity index (χ2v) is 7.57. The van der Waals surface area contributed by atoms with Gasteiger partial charge in [-0.15, -0.1) is 0 Å². The van der Waals surface area contributed by atoms with Gasteiger partial charge in [0, 0.05) is 5.56 Å². The lowest BCUT2D eigenvalue weighted by Crippen LogP contribution is -2.62. The van der Waals surface area contributed by atoms with Gasteiger partial charge in [0.05, 0.1) is 12.1 Å². The normalized spacial score (nSPS) is 16.6. The summed E-state index contributed by atoms with van der Waals surface area (Å²) < 4.78 is 20.7. The van der Waals surface area contributed by atoms with E-state index in [1.54, 1.807) is 89.8 Å². The summed E-state index contributed by atoms with van der Waals surface area (Å²) in [6.45, 7) is -0.0929. The minimum atomic E-state index is -0.857. The molecule has 4 rings (SSSR count). The molecule has 1 aliphatic rings. The van der Waals surface area contributed by atoms with Crippen LogP contribution in [0.2, 0.25) is 0 Å². The fourth-order valence-electron chi connectivity index (χ4n) is 3.62. The molecular formula is C26H23NO7. The molecule has 0 bridgehead atoms. The first-order valence-electron chi connectivity index (χ1n) is 10.8. The van der Waals surface area contributed by atoms with Crippen LogP contribution in [-0.4, -0.2) is 48.4 Å². The van der Waals surface area contributed by atoms with E-state index in [1.165, 1.54) is 0 Å². The molecule has 0 aliphatic carbocycles.